The molecule has 10 heteroatoms. The third-order valence-corrected chi connectivity index (χ3v) is 16.1. The highest BCUT2D eigenvalue weighted by atomic mass is 31.2. The van der Waals surface area contributed by atoms with Gasteiger partial charge in [-0.05, 0) is 77.0 Å². The Hall–Kier alpha value is -2.03. The summed E-state index contributed by atoms with van der Waals surface area (Å²) in [6.45, 7) is 4.44. The first-order valence-electron chi connectivity index (χ1n) is 33.9. The Balaban J connectivity index is 3.86. The van der Waals surface area contributed by atoms with Crippen molar-refractivity contribution in [1.82, 2.24) is 0 Å². The van der Waals surface area contributed by atoms with Gasteiger partial charge in [-0.15, -0.1) is 0 Å². The van der Waals surface area contributed by atoms with Crippen molar-refractivity contribution >= 4 is 19.8 Å². The van der Waals surface area contributed by atoms with Crippen molar-refractivity contribution in [2.24, 2.45) is 0 Å². The zero-order valence-corrected chi connectivity index (χ0v) is 53.8. The predicted octanol–water partition coefficient (Wildman–Crippen LogP) is 21.7. The fraction of sp³-hybridized carbons (Fsp3) is 0.855. The maximum Gasteiger partial charge on any atom is 0.472 e. The molecule has 9 nitrogen and oxygen atoms in total. The van der Waals surface area contributed by atoms with Crippen molar-refractivity contribution in [2.45, 2.75) is 335 Å². The van der Waals surface area contributed by atoms with Crippen LogP contribution < -0.4 is 0 Å². The van der Waals surface area contributed by atoms with E-state index < -0.39 is 26.5 Å². The molecule has 0 aliphatic carbocycles. The zero-order valence-electron chi connectivity index (χ0n) is 52.9. The van der Waals surface area contributed by atoms with Gasteiger partial charge in [-0.3, -0.25) is 18.6 Å². The van der Waals surface area contributed by atoms with Gasteiger partial charge >= 0.3 is 19.8 Å². The Morgan fingerprint density at radius 2 is 0.684 bits per heavy atom. The maximum absolute atomic E-state index is 12.8. The number of allylic oxidation sites excluding steroid dienone is 8. The highest BCUT2D eigenvalue weighted by Crippen LogP contribution is 2.43. The Morgan fingerprint density at radius 1 is 0.392 bits per heavy atom. The molecule has 2 unspecified atom stereocenters. The summed E-state index contributed by atoms with van der Waals surface area (Å²) in [5.41, 5.74) is 0. The maximum atomic E-state index is 12.8. The van der Waals surface area contributed by atoms with E-state index in [2.05, 4.69) is 62.5 Å². The van der Waals surface area contributed by atoms with Gasteiger partial charge in [-0.1, -0.05) is 287 Å². The molecule has 0 rings (SSSR count). The summed E-state index contributed by atoms with van der Waals surface area (Å²) in [5.74, 6) is -0.793. The largest absolute Gasteiger partial charge is 0.472 e. The van der Waals surface area contributed by atoms with Gasteiger partial charge in [0.2, 0.25) is 0 Å². The van der Waals surface area contributed by atoms with Gasteiger partial charge in [0.05, 0.1) is 27.7 Å². The molecule has 1 N–H and O–H groups in total. The first-order chi connectivity index (χ1) is 38.5. The third-order valence-electron chi connectivity index (χ3n) is 15.1. The second kappa shape index (κ2) is 60.6. The Morgan fingerprint density at radius 3 is 1.03 bits per heavy atom. The van der Waals surface area contributed by atoms with E-state index in [9.17, 15) is 19.0 Å². The van der Waals surface area contributed by atoms with Gasteiger partial charge in [0.1, 0.15) is 19.8 Å². The fourth-order valence-corrected chi connectivity index (χ4v) is 10.6. The standard InChI is InChI=1S/C69H130NO8P/c1-6-8-10-12-14-16-18-20-22-23-24-25-26-27-28-29-30-31-32-33-34-35-36-37-38-39-40-41-42-43-44-45-46-47-48-50-52-54-56-58-60-62-69(72)78-67(66-77-79(73,74)76-64-63-70(3,4)5)65-75-68(71)61-59-57-55-53-51-49-21-19-17-15-13-11-9-7-2/h18-21,23-24,26-27,67H,6-17,22,25,28-66H2,1-5H3/p+1/b20-18-,21-19-,24-23-,27-26-. The van der Waals surface area contributed by atoms with Crippen LogP contribution in [0.1, 0.15) is 328 Å². The molecule has 0 spiro atoms. The molecule has 0 heterocycles. The van der Waals surface area contributed by atoms with E-state index in [4.69, 9.17) is 18.5 Å². The molecule has 2 atom stereocenters. The van der Waals surface area contributed by atoms with Crippen LogP contribution in [0.15, 0.2) is 48.6 Å². The van der Waals surface area contributed by atoms with Crippen molar-refractivity contribution in [1.29, 1.82) is 0 Å². The molecule has 0 aromatic carbocycles. The number of phosphoric acid groups is 1. The number of nitrogens with zero attached hydrogens (tertiary/aromatic N) is 1. The predicted molar refractivity (Wildman–Crippen MR) is 340 cm³/mol. The van der Waals surface area contributed by atoms with Crippen LogP contribution in [0.2, 0.25) is 0 Å². The Bertz CT molecular complexity index is 1470. The molecule has 0 fully saturated rings. The van der Waals surface area contributed by atoms with Crippen LogP contribution in [-0.2, 0) is 32.7 Å². The monoisotopic (exact) mass is 1130 g/mol. The number of unbranched alkanes of at least 4 members (excludes halogenated alkanes) is 41. The van der Waals surface area contributed by atoms with Gasteiger partial charge < -0.3 is 18.9 Å². The number of quaternary nitrogens is 1. The van der Waals surface area contributed by atoms with Crippen LogP contribution in [-0.4, -0.2) is 74.9 Å². The Kier molecular flexibility index (Phi) is 59.0. The van der Waals surface area contributed by atoms with Crippen molar-refractivity contribution in [2.75, 3.05) is 47.5 Å². The molecule has 0 aromatic rings. The number of hydrogen-bond donors (Lipinski definition) is 1. The molecule has 79 heavy (non-hydrogen) atoms. The zero-order chi connectivity index (χ0) is 57.7. The normalized spacial score (nSPS) is 13.4. The van der Waals surface area contributed by atoms with Crippen molar-refractivity contribution in [3.05, 3.63) is 48.6 Å². The summed E-state index contributed by atoms with van der Waals surface area (Å²) in [6.07, 6.45) is 78.1. The summed E-state index contributed by atoms with van der Waals surface area (Å²) in [4.78, 5) is 35.7. The van der Waals surface area contributed by atoms with Gasteiger partial charge in [0.15, 0.2) is 6.10 Å². The number of ether oxygens (including phenoxy) is 2. The minimum absolute atomic E-state index is 0.0323. The molecule has 0 saturated heterocycles. The number of likely N-dealkylation sites (N-methyl/N-ethyl adjacent to an activating group) is 1. The van der Waals surface area contributed by atoms with E-state index in [1.165, 1.54) is 231 Å². The second-order valence-electron chi connectivity index (χ2n) is 24.2. The van der Waals surface area contributed by atoms with Crippen LogP contribution in [0.5, 0.6) is 0 Å². The van der Waals surface area contributed by atoms with E-state index >= 15 is 0 Å². The van der Waals surface area contributed by atoms with E-state index in [0.29, 0.717) is 17.4 Å². The van der Waals surface area contributed by atoms with Crippen LogP contribution in [0, 0.1) is 0 Å². The SMILES string of the molecule is CCCCCCC/C=C\C/C=C\C/C=C\CCCCCCCCCCCCCCCCCCCCCCCCCCCCC(=O)OC(COC(=O)CCCCCCC/C=C\CCCCCCC)COP(=O)(O)OCC[N+](C)(C)C. The summed E-state index contributed by atoms with van der Waals surface area (Å²) < 4.78 is 34.6. The van der Waals surface area contributed by atoms with Crippen molar-refractivity contribution in [3.63, 3.8) is 0 Å². The van der Waals surface area contributed by atoms with E-state index in [1.54, 1.807) is 0 Å². The number of hydrogen-bond acceptors (Lipinski definition) is 7. The number of rotatable bonds is 63. The average molecular weight is 1130 g/mol. The molecular formula is C69H131NO8P+. The van der Waals surface area contributed by atoms with Gasteiger partial charge in [-0.2, -0.15) is 0 Å². The number of esters is 2. The lowest BCUT2D eigenvalue weighted by molar-refractivity contribution is -0.870. The molecule has 0 amide bonds. The van der Waals surface area contributed by atoms with E-state index in [-0.39, 0.29) is 32.0 Å². The lowest BCUT2D eigenvalue weighted by atomic mass is 10.0. The first-order valence-corrected chi connectivity index (χ1v) is 35.4. The molecule has 0 saturated carbocycles. The number of carbonyl (C=O) groups is 2. The van der Waals surface area contributed by atoms with Crippen molar-refractivity contribution < 1.29 is 42.1 Å². The van der Waals surface area contributed by atoms with Gasteiger partial charge in [0, 0.05) is 12.8 Å². The molecule has 0 bridgehead atoms. The number of carbonyl (C=O) groups excluding carboxylic acids is 2. The van der Waals surface area contributed by atoms with Gasteiger partial charge in [-0.25, -0.2) is 4.57 Å². The summed E-state index contributed by atoms with van der Waals surface area (Å²) in [7, 11) is 1.49. The van der Waals surface area contributed by atoms with Crippen LogP contribution in [0.3, 0.4) is 0 Å². The van der Waals surface area contributed by atoms with Crippen LogP contribution in [0.4, 0.5) is 0 Å². The Labute approximate surface area is 490 Å². The minimum atomic E-state index is -4.38. The lowest BCUT2D eigenvalue weighted by Crippen LogP contribution is -2.37. The lowest BCUT2D eigenvalue weighted by Gasteiger charge is -2.24. The molecule has 0 aromatic heterocycles. The second-order valence-corrected chi connectivity index (χ2v) is 25.7. The average Bonchev–Trinajstić information content (AvgIpc) is 3.41. The topological polar surface area (TPSA) is 108 Å². The minimum Gasteiger partial charge on any atom is -0.462 e. The summed E-state index contributed by atoms with van der Waals surface area (Å²) in [6, 6.07) is 0. The molecule has 0 radical (unpaired) electrons. The number of phosphoric ester groups is 1. The first kappa shape index (κ1) is 77.0. The smallest absolute Gasteiger partial charge is 0.462 e. The fourth-order valence-electron chi connectivity index (χ4n) is 9.84. The highest BCUT2D eigenvalue weighted by molar-refractivity contribution is 7.47. The van der Waals surface area contributed by atoms with E-state index in [0.717, 1.165) is 64.2 Å². The van der Waals surface area contributed by atoms with Crippen molar-refractivity contribution in [3.8, 4) is 0 Å². The highest BCUT2D eigenvalue weighted by Gasteiger charge is 2.27. The molecule has 464 valence electrons. The van der Waals surface area contributed by atoms with Crippen LogP contribution in [0.25, 0.3) is 0 Å². The molecule has 0 aliphatic heterocycles. The summed E-state index contributed by atoms with van der Waals surface area (Å²) in [5, 5.41) is 0. The molecular weight excluding hydrogens is 1000 g/mol. The quantitative estimate of drug-likeness (QED) is 0.0211. The molecule has 0 aliphatic rings. The summed E-state index contributed by atoms with van der Waals surface area (Å²) >= 11 is 0. The van der Waals surface area contributed by atoms with Crippen LogP contribution >= 0.6 is 7.82 Å². The van der Waals surface area contributed by atoms with E-state index in [1.807, 2.05) is 21.1 Å². The van der Waals surface area contributed by atoms with Gasteiger partial charge in [0.25, 0.3) is 0 Å². The third kappa shape index (κ3) is 65.0.